The molecule has 4 aromatic rings. The van der Waals surface area contributed by atoms with E-state index in [2.05, 4.69) is 20.4 Å². The first-order chi connectivity index (χ1) is 18.0. The number of nitrogens with zero attached hydrogens (tertiary/aromatic N) is 6. The molecule has 0 bridgehead atoms. The highest BCUT2D eigenvalue weighted by atomic mass is 16.6. The third-order valence-electron chi connectivity index (χ3n) is 6.66. The smallest absolute Gasteiger partial charge is 0.254 e. The van der Waals surface area contributed by atoms with Crippen molar-refractivity contribution in [1.82, 2.24) is 29.3 Å². The van der Waals surface area contributed by atoms with Gasteiger partial charge in [0.05, 0.1) is 31.8 Å². The van der Waals surface area contributed by atoms with E-state index in [-0.39, 0.29) is 17.7 Å². The lowest BCUT2D eigenvalue weighted by molar-refractivity contribution is -0.0511. The van der Waals surface area contributed by atoms with Crippen molar-refractivity contribution in [3.05, 3.63) is 54.1 Å². The average Bonchev–Trinajstić information content (AvgIpc) is 3.70. The molecule has 0 aliphatic carbocycles. The first-order valence-corrected chi connectivity index (χ1v) is 12.0. The van der Waals surface area contributed by atoms with Crippen LogP contribution in [0.15, 0.2) is 43.0 Å². The summed E-state index contributed by atoms with van der Waals surface area (Å²) in [5.41, 5.74) is 2.77. The number of nitrogens with one attached hydrogen (secondary N) is 1. The lowest BCUT2D eigenvalue weighted by Gasteiger charge is -2.17. The van der Waals surface area contributed by atoms with E-state index in [9.17, 15) is 20.4 Å². The first kappa shape index (κ1) is 23.8. The minimum Gasteiger partial charge on any atom is -0.508 e. The monoisotopic (exact) mass is 509 g/mol. The summed E-state index contributed by atoms with van der Waals surface area (Å²) >= 11 is 0. The number of benzene rings is 1. The molecule has 2 aliphatic rings. The van der Waals surface area contributed by atoms with Crippen LogP contribution in [0, 0.1) is 0 Å². The number of aliphatic hydroxyl groups is 3. The summed E-state index contributed by atoms with van der Waals surface area (Å²) < 4.78 is 14.3. The van der Waals surface area contributed by atoms with Crippen LogP contribution in [0.4, 0.5) is 5.82 Å². The number of anilines is 1. The summed E-state index contributed by atoms with van der Waals surface area (Å²) in [6.07, 6.45) is 1.97. The number of aromatic nitrogens is 6. The Morgan fingerprint density at radius 1 is 1.08 bits per heavy atom. The second kappa shape index (κ2) is 9.68. The maximum Gasteiger partial charge on any atom is 0.254 e. The number of hydrogen-bond acceptors (Lipinski definition) is 11. The predicted octanol–water partition coefficient (Wildman–Crippen LogP) is 0.121. The molecule has 5 atom stereocenters. The van der Waals surface area contributed by atoms with Crippen molar-refractivity contribution in [2.75, 3.05) is 25.1 Å². The van der Waals surface area contributed by atoms with Gasteiger partial charge in [-0.15, -0.1) is 0 Å². The van der Waals surface area contributed by atoms with Crippen molar-refractivity contribution in [2.45, 2.75) is 43.4 Å². The largest absolute Gasteiger partial charge is 0.508 e. The molecule has 0 amide bonds. The van der Waals surface area contributed by atoms with Gasteiger partial charge in [-0.3, -0.25) is 4.57 Å². The van der Waals surface area contributed by atoms with E-state index in [1.54, 1.807) is 23.0 Å². The van der Waals surface area contributed by atoms with Crippen molar-refractivity contribution >= 4 is 17.0 Å². The Bertz CT molecular complexity index is 1380. The minimum absolute atomic E-state index is 0.0488. The van der Waals surface area contributed by atoms with E-state index in [1.165, 1.54) is 10.9 Å². The summed E-state index contributed by atoms with van der Waals surface area (Å²) in [5.74, 6) is 0.968. The van der Waals surface area contributed by atoms with Crippen molar-refractivity contribution in [1.29, 1.82) is 0 Å². The molecule has 194 valence electrons. The van der Waals surface area contributed by atoms with Gasteiger partial charge in [0.25, 0.3) is 5.95 Å². The number of phenolic OH excluding ortho intramolecular Hbond substituents is 1. The maximum atomic E-state index is 10.6. The van der Waals surface area contributed by atoms with Gasteiger partial charge in [0.1, 0.15) is 24.1 Å². The zero-order valence-electron chi connectivity index (χ0n) is 19.8. The van der Waals surface area contributed by atoms with Crippen LogP contribution in [0.5, 0.6) is 5.75 Å². The lowest BCUT2D eigenvalue weighted by Crippen LogP contribution is -2.33. The van der Waals surface area contributed by atoms with Crippen molar-refractivity contribution in [3.8, 4) is 11.7 Å². The van der Waals surface area contributed by atoms with E-state index < -0.39 is 31.1 Å². The Balaban J connectivity index is 1.38. The Morgan fingerprint density at radius 2 is 1.92 bits per heavy atom. The molecule has 6 rings (SSSR count). The molecular formula is C24H27N7O6. The molecule has 2 saturated heterocycles. The molecule has 0 spiro atoms. The van der Waals surface area contributed by atoms with Gasteiger partial charge in [0.15, 0.2) is 23.2 Å². The molecular weight excluding hydrogens is 482 g/mol. The van der Waals surface area contributed by atoms with Crippen LogP contribution in [0.25, 0.3) is 17.1 Å². The van der Waals surface area contributed by atoms with Crippen molar-refractivity contribution in [3.63, 3.8) is 0 Å². The van der Waals surface area contributed by atoms with Crippen LogP contribution in [-0.4, -0.2) is 93.9 Å². The van der Waals surface area contributed by atoms with Crippen LogP contribution >= 0.6 is 0 Å². The minimum atomic E-state index is -1.28. The molecule has 13 nitrogen and oxygen atoms in total. The molecule has 2 aliphatic heterocycles. The van der Waals surface area contributed by atoms with Crippen LogP contribution < -0.4 is 5.32 Å². The van der Waals surface area contributed by atoms with Crippen LogP contribution in [0.2, 0.25) is 0 Å². The number of phenols is 1. The summed E-state index contributed by atoms with van der Waals surface area (Å²) in [7, 11) is 0. The zero-order chi connectivity index (χ0) is 25.5. The number of rotatable bonds is 7. The highest BCUT2D eigenvalue weighted by molar-refractivity contribution is 5.84. The number of aromatic hydroxyl groups is 1. The summed E-state index contributed by atoms with van der Waals surface area (Å²) in [4.78, 5) is 13.8. The van der Waals surface area contributed by atoms with Gasteiger partial charge < -0.3 is 35.2 Å². The van der Waals surface area contributed by atoms with Gasteiger partial charge in [-0.05, 0) is 29.7 Å². The van der Waals surface area contributed by atoms with Crippen molar-refractivity contribution in [2.24, 2.45) is 0 Å². The SMILES string of the molecule is OC[C@H]1O[C@@H](n2cnc3c(NC4CCOC4)nc(-n4cc(Cc5ccc(O)cc5)cn4)nc32)[C@H](O)[C@@H]1O. The number of imidazole rings is 1. The molecule has 3 aromatic heterocycles. The standard InChI is InChI=1S/C24H27N7O6/c32-10-17-19(34)20(35)23(37-17)30-12-25-18-21(27-15-5-6-36-11-15)28-24(29-22(18)30)31-9-14(8-26-31)7-13-1-3-16(33)4-2-13/h1-4,8-9,12,15,17,19-20,23,32-35H,5-7,10-11H2,(H,27,28,29)/t15?,17-,19-,20-,23-/m1/s1. The lowest BCUT2D eigenvalue weighted by atomic mass is 10.1. The summed E-state index contributed by atoms with van der Waals surface area (Å²) in [6, 6.07) is 7.02. The average molecular weight is 510 g/mol. The Morgan fingerprint density at radius 3 is 2.65 bits per heavy atom. The molecule has 5 heterocycles. The molecule has 0 saturated carbocycles. The fourth-order valence-corrected chi connectivity index (χ4v) is 4.66. The molecule has 5 N–H and O–H groups in total. The highest BCUT2D eigenvalue weighted by Gasteiger charge is 2.44. The van der Waals surface area contributed by atoms with E-state index in [0.717, 1.165) is 17.5 Å². The Hall–Kier alpha value is -3.62. The van der Waals surface area contributed by atoms with E-state index in [4.69, 9.17) is 14.5 Å². The Kier molecular flexibility index (Phi) is 6.22. The van der Waals surface area contributed by atoms with E-state index in [0.29, 0.717) is 36.6 Å². The fourth-order valence-electron chi connectivity index (χ4n) is 4.66. The molecule has 0 radical (unpaired) electrons. The number of ether oxygens (including phenoxy) is 2. The Labute approximate surface area is 211 Å². The summed E-state index contributed by atoms with van der Waals surface area (Å²) in [5, 5.41) is 47.7. The van der Waals surface area contributed by atoms with Gasteiger partial charge in [0, 0.05) is 19.2 Å². The molecule has 37 heavy (non-hydrogen) atoms. The van der Waals surface area contributed by atoms with E-state index >= 15 is 0 Å². The van der Waals surface area contributed by atoms with Crippen LogP contribution in [0.1, 0.15) is 23.8 Å². The second-order valence-corrected chi connectivity index (χ2v) is 9.27. The number of hydrogen-bond donors (Lipinski definition) is 5. The van der Waals surface area contributed by atoms with Gasteiger partial charge >= 0.3 is 0 Å². The normalized spacial score (nSPS) is 25.8. The zero-order valence-corrected chi connectivity index (χ0v) is 19.8. The first-order valence-electron chi connectivity index (χ1n) is 12.0. The molecule has 1 aromatic carbocycles. The topological polar surface area (TPSA) is 173 Å². The van der Waals surface area contributed by atoms with Gasteiger partial charge in [-0.25, -0.2) is 9.67 Å². The molecule has 1 unspecified atom stereocenters. The van der Waals surface area contributed by atoms with Crippen LogP contribution in [-0.2, 0) is 15.9 Å². The van der Waals surface area contributed by atoms with E-state index in [1.807, 2.05) is 18.3 Å². The third-order valence-corrected chi connectivity index (χ3v) is 6.66. The molecule has 2 fully saturated rings. The molecule has 13 heteroatoms. The quantitative estimate of drug-likeness (QED) is 0.229. The number of aliphatic hydroxyl groups excluding tert-OH is 3. The van der Waals surface area contributed by atoms with Gasteiger partial charge in [-0.1, -0.05) is 12.1 Å². The highest BCUT2D eigenvalue weighted by Crippen LogP contribution is 2.33. The van der Waals surface area contributed by atoms with Gasteiger partial charge in [0.2, 0.25) is 0 Å². The van der Waals surface area contributed by atoms with Gasteiger partial charge in [-0.2, -0.15) is 15.1 Å². The predicted molar refractivity (Wildman–Crippen MR) is 129 cm³/mol. The van der Waals surface area contributed by atoms with Crippen LogP contribution in [0.3, 0.4) is 0 Å². The maximum absolute atomic E-state index is 10.6. The third kappa shape index (κ3) is 4.51. The number of fused-ring (bicyclic) bond motifs is 1. The van der Waals surface area contributed by atoms with Crippen molar-refractivity contribution < 1.29 is 29.9 Å². The second-order valence-electron chi connectivity index (χ2n) is 9.27. The fraction of sp³-hybridized carbons (Fsp3) is 0.417. The summed E-state index contributed by atoms with van der Waals surface area (Å²) in [6.45, 7) is 0.748.